The van der Waals surface area contributed by atoms with Gasteiger partial charge in [0.2, 0.25) is 0 Å². The van der Waals surface area contributed by atoms with Crippen molar-refractivity contribution in [2.75, 3.05) is 46.6 Å². The third-order valence-electron chi connectivity index (χ3n) is 4.27. The summed E-state index contributed by atoms with van der Waals surface area (Å²) in [7, 11) is 1.77. The zero-order valence-corrected chi connectivity index (χ0v) is 16.3. The number of nitrogens with zero attached hydrogens (tertiary/aromatic N) is 1. The average molecular weight is 364 g/mol. The summed E-state index contributed by atoms with van der Waals surface area (Å²) in [5.74, 6) is 2.20. The van der Waals surface area contributed by atoms with Crippen LogP contribution in [0.2, 0.25) is 0 Å². The minimum Gasteiger partial charge on any atom is -0.491 e. The quantitative estimate of drug-likeness (QED) is 0.380. The van der Waals surface area contributed by atoms with Gasteiger partial charge in [-0.05, 0) is 30.4 Å². The van der Waals surface area contributed by atoms with Crippen LogP contribution >= 0.6 is 0 Å². The molecule has 1 aliphatic heterocycles. The molecule has 0 bridgehead atoms. The van der Waals surface area contributed by atoms with Gasteiger partial charge in [0.1, 0.15) is 12.4 Å². The van der Waals surface area contributed by atoms with Crippen LogP contribution < -0.4 is 15.4 Å². The maximum Gasteiger partial charge on any atom is 0.191 e. The first-order chi connectivity index (χ1) is 12.7. The van der Waals surface area contributed by atoms with Crippen LogP contribution in [0.4, 0.5) is 0 Å². The molecule has 2 rings (SSSR count). The fraction of sp³-hybridized carbons (Fsp3) is 0.650. The molecule has 6 heteroatoms. The third kappa shape index (κ3) is 7.22. The van der Waals surface area contributed by atoms with Crippen molar-refractivity contribution in [2.24, 2.45) is 4.99 Å². The molecule has 0 radical (unpaired) electrons. The Kier molecular flexibility index (Phi) is 9.28. The number of nitrogens with one attached hydrogen (secondary N) is 2. The molecule has 26 heavy (non-hydrogen) atoms. The molecule has 1 aliphatic rings. The molecule has 6 nitrogen and oxygen atoms in total. The normalized spacial score (nSPS) is 17.5. The van der Waals surface area contributed by atoms with E-state index >= 15 is 0 Å². The molecule has 1 unspecified atom stereocenters. The van der Waals surface area contributed by atoms with Crippen molar-refractivity contribution in [3.8, 4) is 5.75 Å². The van der Waals surface area contributed by atoms with E-state index in [2.05, 4.69) is 41.6 Å². The zero-order valence-electron chi connectivity index (χ0n) is 16.3. The lowest BCUT2D eigenvalue weighted by Crippen LogP contribution is -2.40. The third-order valence-corrected chi connectivity index (χ3v) is 4.27. The molecule has 1 aromatic rings. The summed E-state index contributed by atoms with van der Waals surface area (Å²) in [6, 6.07) is 8.20. The molecule has 1 saturated heterocycles. The molecule has 2 N–H and O–H groups in total. The Bertz CT molecular complexity index is 543. The van der Waals surface area contributed by atoms with Gasteiger partial charge >= 0.3 is 0 Å². The summed E-state index contributed by atoms with van der Waals surface area (Å²) >= 11 is 0. The number of hydrogen-bond donors (Lipinski definition) is 2. The second-order valence-corrected chi connectivity index (χ2v) is 6.68. The first kappa shape index (κ1) is 20.5. The Hall–Kier alpha value is -1.79. The predicted octanol–water partition coefficient (Wildman–Crippen LogP) is 2.55. The van der Waals surface area contributed by atoms with Crippen molar-refractivity contribution in [1.29, 1.82) is 0 Å². The number of hydrogen-bond acceptors (Lipinski definition) is 4. The van der Waals surface area contributed by atoms with Crippen LogP contribution in [-0.2, 0) is 9.47 Å². The van der Waals surface area contributed by atoms with Crippen molar-refractivity contribution in [1.82, 2.24) is 10.6 Å². The Balaban J connectivity index is 1.57. The molecule has 0 aromatic heterocycles. The second kappa shape index (κ2) is 11.8. The molecule has 1 atom stereocenters. The lowest BCUT2D eigenvalue weighted by atomic mass is 10.0. The van der Waals surface area contributed by atoms with Gasteiger partial charge in [-0.1, -0.05) is 32.0 Å². The van der Waals surface area contributed by atoms with Gasteiger partial charge in [-0.2, -0.15) is 0 Å². The number of benzene rings is 1. The van der Waals surface area contributed by atoms with E-state index in [0.717, 1.165) is 50.9 Å². The van der Waals surface area contributed by atoms with Gasteiger partial charge in [0.25, 0.3) is 0 Å². The number of rotatable bonds is 10. The minimum atomic E-state index is 0.276. The number of guanidine groups is 1. The largest absolute Gasteiger partial charge is 0.491 e. The van der Waals surface area contributed by atoms with Crippen LogP contribution in [0.1, 0.15) is 38.2 Å². The molecule has 1 heterocycles. The van der Waals surface area contributed by atoms with Gasteiger partial charge in [0, 0.05) is 26.8 Å². The Labute approximate surface area is 157 Å². The molecule has 1 aromatic carbocycles. The molecular weight excluding hydrogens is 330 g/mol. The fourth-order valence-corrected chi connectivity index (χ4v) is 2.81. The van der Waals surface area contributed by atoms with E-state index in [1.54, 1.807) is 7.05 Å². The van der Waals surface area contributed by atoms with Crippen molar-refractivity contribution in [3.63, 3.8) is 0 Å². The highest BCUT2D eigenvalue weighted by atomic mass is 16.5. The summed E-state index contributed by atoms with van der Waals surface area (Å²) < 4.78 is 17.0. The van der Waals surface area contributed by atoms with E-state index in [4.69, 9.17) is 14.2 Å². The SMILES string of the molecule is CN=C(NCCCOC1CCOC1)NCCOc1ccccc1C(C)C. The molecule has 0 spiro atoms. The molecule has 0 amide bonds. The lowest BCUT2D eigenvalue weighted by molar-refractivity contribution is 0.0420. The maximum absolute atomic E-state index is 5.92. The van der Waals surface area contributed by atoms with Gasteiger partial charge in [0.05, 0.1) is 19.3 Å². The van der Waals surface area contributed by atoms with Crippen LogP contribution in [0.15, 0.2) is 29.3 Å². The first-order valence-corrected chi connectivity index (χ1v) is 9.56. The van der Waals surface area contributed by atoms with Crippen molar-refractivity contribution in [2.45, 2.75) is 38.7 Å². The monoisotopic (exact) mass is 363 g/mol. The highest BCUT2D eigenvalue weighted by Crippen LogP contribution is 2.25. The van der Waals surface area contributed by atoms with Crippen LogP contribution in [0, 0.1) is 0 Å². The number of para-hydroxylation sites is 1. The predicted molar refractivity (Wildman–Crippen MR) is 105 cm³/mol. The first-order valence-electron chi connectivity index (χ1n) is 9.56. The average Bonchev–Trinajstić information content (AvgIpc) is 3.16. The van der Waals surface area contributed by atoms with E-state index in [-0.39, 0.29) is 6.10 Å². The topological polar surface area (TPSA) is 64.1 Å². The molecule has 0 aliphatic carbocycles. The Morgan fingerprint density at radius 2 is 2.04 bits per heavy atom. The minimum absolute atomic E-state index is 0.276. The molecular formula is C20H33N3O3. The van der Waals surface area contributed by atoms with E-state index in [0.29, 0.717) is 19.1 Å². The van der Waals surface area contributed by atoms with Gasteiger partial charge in [-0.15, -0.1) is 0 Å². The summed E-state index contributed by atoms with van der Waals surface area (Å²) in [5.41, 5.74) is 1.24. The van der Waals surface area contributed by atoms with Crippen LogP contribution in [0.25, 0.3) is 0 Å². The van der Waals surface area contributed by atoms with Crippen molar-refractivity contribution >= 4 is 5.96 Å². The van der Waals surface area contributed by atoms with Gasteiger partial charge in [-0.25, -0.2) is 0 Å². The Morgan fingerprint density at radius 1 is 1.23 bits per heavy atom. The van der Waals surface area contributed by atoms with Crippen LogP contribution in [0.3, 0.4) is 0 Å². The van der Waals surface area contributed by atoms with Gasteiger partial charge < -0.3 is 24.8 Å². The van der Waals surface area contributed by atoms with Crippen LogP contribution in [0.5, 0.6) is 5.75 Å². The summed E-state index contributed by atoms with van der Waals surface area (Å²) in [6.07, 6.45) is 2.23. The van der Waals surface area contributed by atoms with Gasteiger partial charge in [-0.3, -0.25) is 4.99 Å². The summed E-state index contributed by atoms with van der Waals surface area (Å²) in [4.78, 5) is 4.23. The highest BCUT2D eigenvalue weighted by Gasteiger charge is 2.15. The van der Waals surface area contributed by atoms with E-state index in [9.17, 15) is 0 Å². The highest BCUT2D eigenvalue weighted by molar-refractivity contribution is 5.79. The maximum atomic E-state index is 5.92. The number of ether oxygens (including phenoxy) is 3. The van der Waals surface area contributed by atoms with E-state index in [1.165, 1.54) is 5.56 Å². The van der Waals surface area contributed by atoms with E-state index < -0.39 is 0 Å². The van der Waals surface area contributed by atoms with Crippen LogP contribution in [-0.4, -0.2) is 58.6 Å². The fourth-order valence-electron chi connectivity index (χ4n) is 2.81. The smallest absolute Gasteiger partial charge is 0.191 e. The van der Waals surface area contributed by atoms with Gasteiger partial charge in [0.15, 0.2) is 5.96 Å². The summed E-state index contributed by atoms with van der Waals surface area (Å²) in [5, 5.41) is 6.57. The molecule has 146 valence electrons. The van der Waals surface area contributed by atoms with Crippen molar-refractivity contribution in [3.05, 3.63) is 29.8 Å². The number of aliphatic imine (C=N–C) groups is 1. The second-order valence-electron chi connectivity index (χ2n) is 6.68. The molecule has 0 saturated carbocycles. The lowest BCUT2D eigenvalue weighted by Gasteiger charge is -2.15. The molecule has 1 fully saturated rings. The Morgan fingerprint density at radius 3 is 2.77 bits per heavy atom. The standard InChI is InChI=1S/C20H33N3O3/c1-16(2)18-7-4-5-8-19(18)26-14-11-23-20(21-3)22-10-6-12-25-17-9-13-24-15-17/h4-5,7-8,16-17H,6,9-15H2,1-3H3,(H2,21,22,23). The van der Waals surface area contributed by atoms with Crippen molar-refractivity contribution < 1.29 is 14.2 Å². The zero-order chi connectivity index (χ0) is 18.6. The van der Waals surface area contributed by atoms with E-state index in [1.807, 2.05) is 12.1 Å². The summed E-state index contributed by atoms with van der Waals surface area (Å²) in [6.45, 7) is 8.76.